The van der Waals surface area contributed by atoms with Gasteiger partial charge in [0.25, 0.3) is 0 Å². The van der Waals surface area contributed by atoms with Crippen LogP contribution in [-0.4, -0.2) is 24.5 Å². The molecule has 1 unspecified atom stereocenters. The fourth-order valence-corrected chi connectivity index (χ4v) is 2.22. The van der Waals surface area contributed by atoms with E-state index >= 15 is 0 Å². The first-order valence-electron chi connectivity index (χ1n) is 6.89. The van der Waals surface area contributed by atoms with E-state index in [1.165, 1.54) is 19.3 Å². The molecular weight excluding hydrogens is 212 g/mol. The second-order valence-corrected chi connectivity index (χ2v) is 4.88. The molecule has 0 spiro atoms. The van der Waals surface area contributed by atoms with E-state index in [4.69, 9.17) is 0 Å². The summed E-state index contributed by atoms with van der Waals surface area (Å²) in [6.45, 7) is 4.82. The van der Waals surface area contributed by atoms with Gasteiger partial charge in [-0.3, -0.25) is 4.79 Å². The Kier molecular flexibility index (Phi) is 6.94. The Labute approximate surface area is 105 Å². The van der Waals surface area contributed by atoms with Gasteiger partial charge in [-0.15, -0.1) is 0 Å². The fraction of sp³-hybridized carbons (Fsp3) is 0.786. The van der Waals surface area contributed by atoms with E-state index in [1.807, 2.05) is 19.9 Å². The van der Waals surface area contributed by atoms with E-state index in [-0.39, 0.29) is 11.9 Å². The van der Waals surface area contributed by atoms with E-state index in [0.29, 0.717) is 6.04 Å². The Morgan fingerprint density at radius 2 is 2.06 bits per heavy atom. The predicted molar refractivity (Wildman–Crippen MR) is 71.9 cm³/mol. The summed E-state index contributed by atoms with van der Waals surface area (Å²) in [5.74, 6) is 0.150. The lowest BCUT2D eigenvalue weighted by atomic mass is 9.95. The Hall–Kier alpha value is -0.830. The van der Waals surface area contributed by atoms with Gasteiger partial charge in [-0.25, -0.2) is 0 Å². The summed E-state index contributed by atoms with van der Waals surface area (Å²) in [7, 11) is 0. The largest absolute Gasteiger partial charge is 0.352 e. The molecule has 0 radical (unpaired) electrons. The van der Waals surface area contributed by atoms with Gasteiger partial charge in [0.15, 0.2) is 0 Å². The minimum atomic E-state index is -0.0813. The van der Waals surface area contributed by atoms with E-state index in [2.05, 4.69) is 16.7 Å². The van der Waals surface area contributed by atoms with Gasteiger partial charge in [0.2, 0.25) is 5.91 Å². The van der Waals surface area contributed by atoms with Crippen molar-refractivity contribution < 1.29 is 4.79 Å². The number of nitrogens with one attached hydrogen (secondary N) is 2. The minimum Gasteiger partial charge on any atom is -0.352 e. The van der Waals surface area contributed by atoms with Crippen LogP contribution in [0.15, 0.2) is 12.2 Å². The molecular formula is C14H26N2O. The first-order valence-corrected chi connectivity index (χ1v) is 6.89. The summed E-state index contributed by atoms with van der Waals surface area (Å²) in [6.07, 6.45) is 11.3. The van der Waals surface area contributed by atoms with Crippen LogP contribution in [0.3, 0.4) is 0 Å². The standard InChI is InChI=1S/C14H26N2O/c1-3-4-8-11-15-12(2)14(17)16-13-9-6-5-7-10-13/h3-4,12-13,15H,5-11H2,1-2H3,(H,16,17)/b4-3+. The molecule has 1 saturated carbocycles. The molecule has 1 aliphatic carbocycles. The van der Waals surface area contributed by atoms with Gasteiger partial charge in [-0.05, 0) is 39.7 Å². The number of hydrogen-bond acceptors (Lipinski definition) is 2. The number of allylic oxidation sites excluding steroid dienone is 1. The molecule has 0 saturated heterocycles. The smallest absolute Gasteiger partial charge is 0.237 e. The number of amides is 1. The summed E-state index contributed by atoms with van der Waals surface area (Å²) in [5, 5.41) is 6.38. The molecule has 0 aromatic carbocycles. The maximum Gasteiger partial charge on any atom is 0.237 e. The van der Waals surface area contributed by atoms with Gasteiger partial charge < -0.3 is 10.6 Å². The van der Waals surface area contributed by atoms with Crippen molar-refractivity contribution in [3.63, 3.8) is 0 Å². The lowest BCUT2D eigenvalue weighted by Gasteiger charge is -2.24. The van der Waals surface area contributed by atoms with E-state index in [9.17, 15) is 4.79 Å². The van der Waals surface area contributed by atoms with Crippen molar-refractivity contribution in [2.24, 2.45) is 0 Å². The molecule has 1 rings (SSSR count). The first-order chi connectivity index (χ1) is 8.24. The van der Waals surface area contributed by atoms with Crippen LogP contribution in [0.1, 0.15) is 52.4 Å². The van der Waals surface area contributed by atoms with Crippen LogP contribution in [0.25, 0.3) is 0 Å². The van der Waals surface area contributed by atoms with Crippen molar-refractivity contribution in [1.82, 2.24) is 10.6 Å². The second kappa shape index (κ2) is 8.29. The summed E-state index contributed by atoms with van der Waals surface area (Å²) >= 11 is 0. The third-order valence-corrected chi connectivity index (χ3v) is 3.34. The molecule has 0 aromatic heterocycles. The zero-order valence-electron chi connectivity index (χ0n) is 11.2. The topological polar surface area (TPSA) is 41.1 Å². The highest BCUT2D eigenvalue weighted by Crippen LogP contribution is 2.17. The summed E-state index contributed by atoms with van der Waals surface area (Å²) in [4.78, 5) is 11.9. The molecule has 1 atom stereocenters. The van der Waals surface area contributed by atoms with Gasteiger partial charge in [0, 0.05) is 6.04 Å². The van der Waals surface area contributed by atoms with E-state index in [0.717, 1.165) is 25.8 Å². The molecule has 0 heterocycles. The lowest BCUT2D eigenvalue weighted by Crippen LogP contribution is -2.47. The van der Waals surface area contributed by atoms with Crippen molar-refractivity contribution in [3.05, 3.63) is 12.2 Å². The normalized spacial score (nSPS) is 19.4. The van der Waals surface area contributed by atoms with Crippen molar-refractivity contribution in [2.75, 3.05) is 6.54 Å². The van der Waals surface area contributed by atoms with Gasteiger partial charge in [-0.1, -0.05) is 31.4 Å². The van der Waals surface area contributed by atoms with Crippen LogP contribution in [0.2, 0.25) is 0 Å². The third-order valence-electron chi connectivity index (χ3n) is 3.34. The minimum absolute atomic E-state index is 0.0813. The molecule has 0 bridgehead atoms. The molecule has 1 amide bonds. The van der Waals surface area contributed by atoms with Gasteiger partial charge >= 0.3 is 0 Å². The fourth-order valence-electron chi connectivity index (χ4n) is 2.22. The van der Waals surface area contributed by atoms with Crippen LogP contribution in [0, 0.1) is 0 Å². The van der Waals surface area contributed by atoms with Crippen LogP contribution < -0.4 is 10.6 Å². The summed E-state index contributed by atoms with van der Waals surface area (Å²) < 4.78 is 0. The maximum atomic E-state index is 11.9. The van der Waals surface area contributed by atoms with Crippen molar-refractivity contribution in [3.8, 4) is 0 Å². The number of carbonyl (C=O) groups is 1. The molecule has 1 aliphatic rings. The zero-order valence-corrected chi connectivity index (χ0v) is 11.2. The number of hydrogen-bond donors (Lipinski definition) is 2. The molecule has 2 N–H and O–H groups in total. The van der Waals surface area contributed by atoms with Gasteiger partial charge in [-0.2, -0.15) is 0 Å². The molecule has 1 fully saturated rings. The molecule has 98 valence electrons. The molecule has 0 aromatic rings. The number of carbonyl (C=O) groups excluding carboxylic acids is 1. The maximum absolute atomic E-state index is 11.9. The third kappa shape index (κ3) is 5.87. The van der Waals surface area contributed by atoms with Crippen LogP contribution in [0.5, 0.6) is 0 Å². The molecule has 3 heteroatoms. The van der Waals surface area contributed by atoms with Crippen LogP contribution in [-0.2, 0) is 4.79 Å². The van der Waals surface area contributed by atoms with Crippen LogP contribution in [0.4, 0.5) is 0 Å². The van der Waals surface area contributed by atoms with E-state index < -0.39 is 0 Å². The monoisotopic (exact) mass is 238 g/mol. The highest BCUT2D eigenvalue weighted by Gasteiger charge is 2.18. The number of rotatable bonds is 6. The highest BCUT2D eigenvalue weighted by molar-refractivity contribution is 5.81. The highest BCUT2D eigenvalue weighted by atomic mass is 16.2. The lowest BCUT2D eigenvalue weighted by molar-refractivity contribution is -0.123. The summed E-state index contributed by atoms with van der Waals surface area (Å²) in [5.41, 5.74) is 0. The van der Waals surface area contributed by atoms with Crippen molar-refractivity contribution in [1.29, 1.82) is 0 Å². The van der Waals surface area contributed by atoms with Gasteiger partial charge in [0.05, 0.1) is 6.04 Å². The Bertz CT molecular complexity index is 245. The average Bonchev–Trinajstić information content (AvgIpc) is 2.35. The molecule has 3 nitrogen and oxygen atoms in total. The summed E-state index contributed by atoms with van der Waals surface area (Å²) in [6, 6.07) is 0.332. The first kappa shape index (κ1) is 14.2. The molecule has 0 aliphatic heterocycles. The van der Waals surface area contributed by atoms with E-state index in [1.54, 1.807) is 0 Å². The predicted octanol–water partition coefficient (Wildman–Crippen LogP) is 2.38. The quantitative estimate of drug-likeness (QED) is 0.551. The van der Waals surface area contributed by atoms with Gasteiger partial charge in [0.1, 0.15) is 0 Å². The van der Waals surface area contributed by atoms with Crippen molar-refractivity contribution >= 4 is 5.91 Å². The SMILES string of the molecule is C/C=C/CCNC(C)C(=O)NC1CCCCC1. The Balaban J connectivity index is 2.16. The molecule has 17 heavy (non-hydrogen) atoms. The van der Waals surface area contributed by atoms with Crippen LogP contribution >= 0.6 is 0 Å². The Morgan fingerprint density at radius 1 is 1.35 bits per heavy atom. The zero-order chi connectivity index (χ0) is 12.5. The Morgan fingerprint density at radius 3 is 2.71 bits per heavy atom. The second-order valence-electron chi connectivity index (χ2n) is 4.88. The van der Waals surface area contributed by atoms with Crippen molar-refractivity contribution in [2.45, 2.75) is 64.5 Å². The average molecular weight is 238 g/mol.